The van der Waals surface area contributed by atoms with Crippen molar-refractivity contribution in [3.63, 3.8) is 0 Å². The Morgan fingerprint density at radius 1 is 1.53 bits per heavy atom. The standard InChI is InChI=1S/C14H26N2O3/c1-13(2,3)19-12(17)16-14(6-8-18-10-14)9-11-5-4-7-15-11/h11,15H,4-10H2,1-3H3,(H,16,17). The van der Waals surface area contributed by atoms with Gasteiger partial charge in [-0.05, 0) is 53.0 Å². The molecule has 2 aliphatic heterocycles. The fourth-order valence-corrected chi connectivity index (χ4v) is 2.84. The van der Waals surface area contributed by atoms with Crippen LogP contribution in [0.15, 0.2) is 0 Å². The van der Waals surface area contributed by atoms with Gasteiger partial charge < -0.3 is 20.1 Å². The van der Waals surface area contributed by atoms with Gasteiger partial charge in [-0.25, -0.2) is 4.79 Å². The van der Waals surface area contributed by atoms with Gasteiger partial charge in [0, 0.05) is 12.6 Å². The first-order valence-electron chi connectivity index (χ1n) is 7.21. The highest BCUT2D eigenvalue weighted by molar-refractivity contribution is 5.69. The molecule has 1 amide bonds. The lowest BCUT2D eigenvalue weighted by atomic mass is 9.89. The average Bonchev–Trinajstić information content (AvgIpc) is 2.87. The normalized spacial score (nSPS) is 31.4. The molecular weight excluding hydrogens is 244 g/mol. The monoisotopic (exact) mass is 270 g/mol. The third-order valence-electron chi connectivity index (χ3n) is 3.67. The Balaban J connectivity index is 1.93. The van der Waals surface area contributed by atoms with Crippen molar-refractivity contribution < 1.29 is 14.3 Å². The highest BCUT2D eigenvalue weighted by Gasteiger charge is 2.40. The number of carbonyl (C=O) groups excluding carboxylic acids is 1. The minimum absolute atomic E-state index is 0.260. The van der Waals surface area contributed by atoms with Crippen molar-refractivity contribution in [2.45, 2.75) is 63.6 Å². The summed E-state index contributed by atoms with van der Waals surface area (Å²) in [6.07, 6.45) is 3.85. The topological polar surface area (TPSA) is 59.6 Å². The van der Waals surface area contributed by atoms with Gasteiger partial charge in [0.1, 0.15) is 5.60 Å². The van der Waals surface area contributed by atoms with Crippen LogP contribution in [-0.2, 0) is 9.47 Å². The molecule has 0 bridgehead atoms. The molecule has 5 heteroatoms. The van der Waals surface area contributed by atoms with E-state index in [1.54, 1.807) is 0 Å². The molecule has 5 nitrogen and oxygen atoms in total. The number of amides is 1. The number of hydrogen-bond donors (Lipinski definition) is 2. The number of alkyl carbamates (subject to hydrolysis) is 1. The maximum atomic E-state index is 12.0. The quantitative estimate of drug-likeness (QED) is 0.821. The zero-order chi connectivity index (χ0) is 13.9. The lowest BCUT2D eigenvalue weighted by molar-refractivity contribution is 0.0426. The summed E-state index contributed by atoms with van der Waals surface area (Å²) in [6, 6.07) is 0.483. The molecule has 19 heavy (non-hydrogen) atoms. The predicted octanol–water partition coefficient (Wildman–Crippen LogP) is 1.81. The van der Waals surface area contributed by atoms with Gasteiger partial charge in [-0.3, -0.25) is 0 Å². The van der Waals surface area contributed by atoms with Crippen molar-refractivity contribution >= 4 is 6.09 Å². The third kappa shape index (κ3) is 4.35. The predicted molar refractivity (Wildman–Crippen MR) is 73.2 cm³/mol. The highest BCUT2D eigenvalue weighted by atomic mass is 16.6. The van der Waals surface area contributed by atoms with E-state index in [0.29, 0.717) is 19.3 Å². The van der Waals surface area contributed by atoms with Gasteiger partial charge in [-0.15, -0.1) is 0 Å². The Hall–Kier alpha value is -0.810. The van der Waals surface area contributed by atoms with Crippen LogP contribution in [0.2, 0.25) is 0 Å². The molecule has 0 aliphatic carbocycles. The van der Waals surface area contributed by atoms with E-state index in [1.165, 1.54) is 12.8 Å². The molecule has 2 fully saturated rings. The summed E-state index contributed by atoms with van der Waals surface area (Å²) < 4.78 is 10.9. The summed E-state index contributed by atoms with van der Waals surface area (Å²) in [5.41, 5.74) is -0.722. The molecule has 2 N–H and O–H groups in total. The van der Waals surface area contributed by atoms with E-state index in [-0.39, 0.29) is 11.6 Å². The van der Waals surface area contributed by atoms with Crippen LogP contribution in [0.1, 0.15) is 46.5 Å². The molecule has 0 spiro atoms. The average molecular weight is 270 g/mol. The lowest BCUT2D eigenvalue weighted by Crippen LogP contribution is -2.53. The van der Waals surface area contributed by atoms with Gasteiger partial charge in [-0.1, -0.05) is 0 Å². The smallest absolute Gasteiger partial charge is 0.408 e. The highest BCUT2D eigenvalue weighted by Crippen LogP contribution is 2.27. The molecule has 0 radical (unpaired) electrons. The molecule has 110 valence electrons. The second kappa shape index (κ2) is 5.67. The van der Waals surface area contributed by atoms with Crippen molar-refractivity contribution in [2.24, 2.45) is 0 Å². The summed E-state index contributed by atoms with van der Waals surface area (Å²) in [7, 11) is 0. The Morgan fingerprint density at radius 3 is 2.84 bits per heavy atom. The molecule has 2 unspecified atom stereocenters. The van der Waals surface area contributed by atoms with Crippen LogP contribution in [0.25, 0.3) is 0 Å². The molecule has 2 aliphatic rings. The minimum Gasteiger partial charge on any atom is -0.444 e. The van der Waals surface area contributed by atoms with E-state index in [4.69, 9.17) is 9.47 Å². The van der Waals surface area contributed by atoms with Crippen LogP contribution >= 0.6 is 0 Å². The van der Waals surface area contributed by atoms with Gasteiger partial charge in [-0.2, -0.15) is 0 Å². The molecule has 2 atom stereocenters. The summed E-state index contributed by atoms with van der Waals surface area (Å²) >= 11 is 0. The second-order valence-corrected chi connectivity index (χ2v) is 6.71. The molecule has 0 aromatic heterocycles. The van der Waals surface area contributed by atoms with Crippen LogP contribution < -0.4 is 10.6 Å². The van der Waals surface area contributed by atoms with Crippen LogP contribution in [0, 0.1) is 0 Å². The van der Waals surface area contributed by atoms with Crippen LogP contribution in [0.4, 0.5) is 4.79 Å². The van der Waals surface area contributed by atoms with Crippen molar-refractivity contribution in [3.8, 4) is 0 Å². The van der Waals surface area contributed by atoms with E-state index >= 15 is 0 Å². The van der Waals surface area contributed by atoms with Crippen molar-refractivity contribution in [1.82, 2.24) is 10.6 Å². The number of nitrogens with one attached hydrogen (secondary N) is 2. The number of carbonyl (C=O) groups is 1. The molecule has 2 rings (SSSR count). The molecule has 0 saturated carbocycles. The fourth-order valence-electron chi connectivity index (χ4n) is 2.84. The van der Waals surface area contributed by atoms with E-state index < -0.39 is 5.60 Å². The van der Waals surface area contributed by atoms with Crippen molar-refractivity contribution in [3.05, 3.63) is 0 Å². The summed E-state index contributed by atoms with van der Waals surface area (Å²) in [4.78, 5) is 12.0. The third-order valence-corrected chi connectivity index (χ3v) is 3.67. The maximum Gasteiger partial charge on any atom is 0.408 e. The first-order chi connectivity index (χ1) is 8.89. The second-order valence-electron chi connectivity index (χ2n) is 6.71. The largest absolute Gasteiger partial charge is 0.444 e. The van der Waals surface area contributed by atoms with Crippen LogP contribution in [0.5, 0.6) is 0 Å². The van der Waals surface area contributed by atoms with Gasteiger partial charge >= 0.3 is 6.09 Å². The molecule has 0 aromatic rings. The Kier molecular flexibility index (Phi) is 4.36. The summed E-state index contributed by atoms with van der Waals surface area (Å²) in [5.74, 6) is 0. The first kappa shape index (κ1) is 14.6. The van der Waals surface area contributed by atoms with Gasteiger partial charge in [0.15, 0.2) is 0 Å². The zero-order valence-corrected chi connectivity index (χ0v) is 12.3. The number of hydrogen-bond acceptors (Lipinski definition) is 4. The van der Waals surface area contributed by atoms with Crippen molar-refractivity contribution in [1.29, 1.82) is 0 Å². The minimum atomic E-state index is -0.462. The maximum absolute atomic E-state index is 12.0. The molecular formula is C14H26N2O3. The lowest BCUT2D eigenvalue weighted by Gasteiger charge is -2.32. The van der Waals surface area contributed by atoms with E-state index in [0.717, 1.165) is 19.4 Å². The Bertz CT molecular complexity index is 313. The van der Waals surface area contributed by atoms with E-state index in [2.05, 4.69) is 10.6 Å². The van der Waals surface area contributed by atoms with Gasteiger partial charge in [0.05, 0.1) is 12.1 Å². The fraction of sp³-hybridized carbons (Fsp3) is 0.929. The summed E-state index contributed by atoms with van der Waals surface area (Å²) in [5, 5.41) is 6.53. The van der Waals surface area contributed by atoms with Crippen LogP contribution in [-0.4, -0.2) is 43.0 Å². The van der Waals surface area contributed by atoms with Gasteiger partial charge in [0.2, 0.25) is 0 Å². The summed E-state index contributed by atoms with van der Waals surface area (Å²) in [6.45, 7) is 8.01. The van der Waals surface area contributed by atoms with E-state index in [9.17, 15) is 4.79 Å². The van der Waals surface area contributed by atoms with Gasteiger partial charge in [0.25, 0.3) is 0 Å². The zero-order valence-electron chi connectivity index (χ0n) is 12.3. The van der Waals surface area contributed by atoms with E-state index in [1.807, 2.05) is 20.8 Å². The molecule has 2 heterocycles. The molecule has 2 saturated heterocycles. The van der Waals surface area contributed by atoms with Crippen LogP contribution in [0.3, 0.4) is 0 Å². The van der Waals surface area contributed by atoms with Crippen molar-refractivity contribution in [2.75, 3.05) is 19.8 Å². The molecule has 0 aromatic carbocycles. The Labute approximate surface area is 115 Å². The number of ether oxygens (including phenoxy) is 2. The number of rotatable bonds is 3. The Morgan fingerprint density at radius 2 is 2.32 bits per heavy atom. The first-order valence-corrected chi connectivity index (χ1v) is 7.21. The SMILES string of the molecule is CC(C)(C)OC(=O)NC1(CC2CCCN2)CCOC1.